The van der Waals surface area contributed by atoms with E-state index in [9.17, 15) is 4.79 Å². The molecule has 0 aliphatic carbocycles. The van der Waals surface area contributed by atoms with Gasteiger partial charge in [-0.25, -0.2) is 0 Å². The molecule has 8 heteroatoms. The molecule has 5 nitrogen and oxygen atoms in total. The van der Waals surface area contributed by atoms with Gasteiger partial charge in [0.2, 0.25) is 5.91 Å². The van der Waals surface area contributed by atoms with Gasteiger partial charge in [0.05, 0.1) is 27.7 Å². The zero-order valence-corrected chi connectivity index (χ0v) is 17.5. The second-order valence-corrected chi connectivity index (χ2v) is 10.1. The van der Waals surface area contributed by atoms with Gasteiger partial charge in [-0.15, -0.1) is 11.3 Å². The zero-order chi connectivity index (χ0) is 19.0. The van der Waals surface area contributed by atoms with E-state index in [0.29, 0.717) is 13.0 Å². The molecule has 0 saturated carbocycles. The summed E-state index contributed by atoms with van der Waals surface area (Å²) in [5.74, 6) is -0.272. The van der Waals surface area contributed by atoms with Crippen LogP contribution in [0.5, 0.6) is 0 Å². The van der Waals surface area contributed by atoms with Gasteiger partial charge >= 0.3 is 0 Å². The Morgan fingerprint density at radius 1 is 1.44 bits per heavy atom. The third-order valence-electron chi connectivity index (χ3n) is 4.43. The lowest BCUT2D eigenvalue weighted by molar-refractivity contribution is -0.117. The molecule has 1 unspecified atom stereocenters. The van der Waals surface area contributed by atoms with E-state index in [4.69, 9.17) is 5.73 Å². The summed E-state index contributed by atoms with van der Waals surface area (Å²) < 4.78 is 3.44. The topological polar surface area (TPSA) is 74.5 Å². The Labute approximate surface area is 170 Å². The highest BCUT2D eigenvalue weighted by Gasteiger charge is 2.24. The Morgan fingerprint density at radius 3 is 3.04 bits per heavy atom. The summed E-state index contributed by atoms with van der Waals surface area (Å²) in [6.07, 6.45) is 0.363. The Kier molecular flexibility index (Phi) is 5.21. The lowest BCUT2D eigenvalue weighted by atomic mass is 10.1. The molecule has 2 aromatic heterocycles. The van der Waals surface area contributed by atoms with Crippen molar-refractivity contribution in [1.29, 1.82) is 0 Å². The lowest BCUT2D eigenvalue weighted by Crippen LogP contribution is -2.18. The predicted molar refractivity (Wildman–Crippen MR) is 118 cm³/mol. The molecule has 0 spiro atoms. The molecule has 0 bridgehead atoms. The third kappa shape index (κ3) is 3.88. The summed E-state index contributed by atoms with van der Waals surface area (Å²) in [4.78, 5) is 19.4. The zero-order valence-electron chi connectivity index (χ0n) is 15.1. The molecule has 1 aliphatic heterocycles. The van der Waals surface area contributed by atoms with Crippen LogP contribution in [0, 0.1) is 6.92 Å². The summed E-state index contributed by atoms with van der Waals surface area (Å²) in [5.41, 5.74) is 9.81. The molecule has 0 fully saturated rings. The van der Waals surface area contributed by atoms with Gasteiger partial charge in [-0.1, -0.05) is 23.9 Å². The number of benzene rings is 1. The Balaban J connectivity index is 1.64. The van der Waals surface area contributed by atoms with E-state index >= 15 is 0 Å². The number of thioether (sulfide) groups is 1. The van der Waals surface area contributed by atoms with Gasteiger partial charge in [0.1, 0.15) is 5.04 Å². The molecule has 3 aromatic rings. The first kappa shape index (κ1) is 18.5. The first-order chi connectivity index (χ1) is 13.0. The maximum atomic E-state index is 11.2. The van der Waals surface area contributed by atoms with E-state index < -0.39 is 0 Å². The maximum Gasteiger partial charge on any atom is 0.218 e. The van der Waals surface area contributed by atoms with Crippen LogP contribution in [-0.4, -0.2) is 34.8 Å². The molecule has 1 amide bonds. The van der Waals surface area contributed by atoms with Crippen molar-refractivity contribution in [3.63, 3.8) is 0 Å². The minimum atomic E-state index is -0.272. The van der Waals surface area contributed by atoms with Crippen molar-refractivity contribution in [3.8, 4) is 0 Å². The first-order valence-electron chi connectivity index (χ1n) is 8.58. The summed E-state index contributed by atoms with van der Waals surface area (Å²) in [6, 6.07) is 10.7. The van der Waals surface area contributed by atoms with E-state index in [2.05, 4.69) is 64.0 Å². The molecule has 3 N–H and O–H groups in total. The van der Waals surface area contributed by atoms with Crippen molar-refractivity contribution >= 4 is 62.6 Å². The van der Waals surface area contributed by atoms with Crippen LogP contribution in [0.2, 0.25) is 0 Å². The third-order valence-corrected chi connectivity index (χ3v) is 7.61. The number of carbonyl (C=O) groups excluding carboxylic acids is 1. The van der Waals surface area contributed by atoms with Gasteiger partial charge in [0, 0.05) is 24.1 Å². The molecule has 3 heterocycles. The number of nitrogens with one attached hydrogen (secondary N) is 1. The number of fused-ring (bicyclic) bond motifs is 1. The second-order valence-electron chi connectivity index (χ2n) is 6.45. The number of hydrogen-bond donors (Lipinski definition) is 2. The number of nitrogens with two attached hydrogens (primary N) is 1. The Bertz CT molecular complexity index is 1010. The first-order valence-corrected chi connectivity index (χ1v) is 11.1. The number of nitrogens with zero attached hydrogens (tertiary/aromatic N) is 2. The SMILES string of the molecule is Cc1ccc(N(C)Sc2cccs2)c2[nH]c(C3=NCC(CC(N)=O)S3)cc12. The van der Waals surface area contributed by atoms with Gasteiger partial charge in [-0.05, 0) is 48.0 Å². The number of aryl methyl sites for hydroxylation is 1. The molecule has 140 valence electrons. The van der Waals surface area contributed by atoms with Crippen LogP contribution in [-0.2, 0) is 4.79 Å². The van der Waals surface area contributed by atoms with Crippen molar-refractivity contribution in [3.05, 3.63) is 47.0 Å². The number of aromatic amines is 1. The Hall–Kier alpha value is -1.90. The van der Waals surface area contributed by atoms with Gasteiger partial charge in [-0.2, -0.15) is 0 Å². The van der Waals surface area contributed by atoms with E-state index in [1.165, 1.54) is 15.2 Å². The number of aromatic nitrogens is 1. The highest BCUT2D eigenvalue weighted by molar-refractivity contribution is 8.15. The molecule has 0 saturated heterocycles. The molecule has 27 heavy (non-hydrogen) atoms. The van der Waals surface area contributed by atoms with Gasteiger partial charge < -0.3 is 15.0 Å². The summed E-state index contributed by atoms with van der Waals surface area (Å²) in [6.45, 7) is 2.76. The quantitative estimate of drug-likeness (QED) is 0.584. The van der Waals surface area contributed by atoms with Crippen LogP contribution in [0.1, 0.15) is 17.7 Å². The molecule has 0 radical (unpaired) electrons. The monoisotopic (exact) mass is 416 g/mol. The van der Waals surface area contributed by atoms with E-state index in [-0.39, 0.29) is 11.2 Å². The molecular formula is C19H20N4OS3. The smallest absolute Gasteiger partial charge is 0.218 e. The Morgan fingerprint density at radius 2 is 2.30 bits per heavy atom. The number of anilines is 1. The largest absolute Gasteiger partial charge is 0.370 e. The average molecular weight is 417 g/mol. The fourth-order valence-corrected chi connectivity index (χ4v) is 6.00. The number of amides is 1. The standard InChI is InChI=1S/C19H20N4OS3/c1-11-5-6-15(23(2)27-17-4-3-7-25-17)18-13(11)9-14(22-18)19-21-10-12(26-19)8-16(20)24/h3-7,9,12,22H,8,10H2,1-2H3,(H2,20,24). The van der Waals surface area contributed by atoms with Crippen molar-refractivity contribution in [2.45, 2.75) is 22.8 Å². The van der Waals surface area contributed by atoms with Crippen molar-refractivity contribution in [2.24, 2.45) is 10.7 Å². The summed E-state index contributed by atoms with van der Waals surface area (Å²) >= 11 is 5.09. The van der Waals surface area contributed by atoms with Crippen LogP contribution in [0.4, 0.5) is 5.69 Å². The molecule has 1 atom stereocenters. The van der Waals surface area contributed by atoms with E-state index in [1.807, 2.05) is 0 Å². The van der Waals surface area contributed by atoms with Gasteiger partial charge in [-0.3, -0.25) is 9.79 Å². The van der Waals surface area contributed by atoms with Crippen LogP contribution in [0.3, 0.4) is 0 Å². The van der Waals surface area contributed by atoms with Gasteiger partial charge in [0.25, 0.3) is 0 Å². The lowest BCUT2D eigenvalue weighted by Gasteiger charge is -2.18. The van der Waals surface area contributed by atoms with Crippen molar-refractivity contribution in [2.75, 3.05) is 17.9 Å². The normalized spacial score (nSPS) is 16.7. The van der Waals surface area contributed by atoms with E-state index in [1.54, 1.807) is 35.0 Å². The molecule has 1 aliphatic rings. The molecule has 1 aromatic carbocycles. The summed E-state index contributed by atoms with van der Waals surface area (Å²) in [5, 5.41) is 4.38. The minimum absolute atomic E-state index is 0.140. The number of rotatable bonds is 6. The minimum Gasteiger partial charge on any atom is -0.370 e. The molecule has 4 rings (SSSR count). The number of aliphatic imine (C=N–C) groups is 1. The van der Waals surface area contributed by atoms with Crippen molar-refractivity contribution < 1.29 is 4.79 Å². The number of carbonyl (C=O) groups is 1. The fraction of sp³-hybridized carbons (Fsp3) is 0.263. The average Bonchev–Trinajstić information content (AvgIpc) is 3.34. The van der Waals surface area contributed by atoms with Gasteiger partial charge in [0.15, 0.2) is 0 Å². The number of H-pyrrole nitrogens is 1. The summed E-state index contributed by atoms with van der Waals surface area (Å²) in [7, 11) is 2.08. The number of primary amides is 1. The highest BCUT2D eigenvalue weighted by Crippen LogP contribution is 2.37. The van der Waals surface area contributed by atoms with Crippen molar-refractivity contribution in [1.82, 2.24) is 4.98 Å². The molecular weight excluding hydrogens is 396 g/mol. The second kappa shape index (κ2) is 7.61. The van der Waals surface area contributed by atoms with Crippen LogP contribution in [0.25, 0.3) is 10.9 Å². The predicted octanol–water partition coefficient (Wildman–Crippen LogP) is 4.42. The fourth-order valence-electron chi connectivity index (χ4n) is 3.12. The maximum absolute atomic E-state index is 11.2. The van der Waals surface area contributed by atoms with Crippen LogP contribution >= 0.6 is 35.0 Å². The number of thiophene rings is 1. The number of hydrogen-bond acceptors (Lipinski definition) is 6. The van der Waals surface area contributed by atoms with E-state index in [0.717, 1.165) is 21.9 Å². The highest BCUT2D eigenvalue weighted by atomic mass is 32.2. The van der Waals surface area contributed by atoms with Crippen LogP contribution < -0.4 is 10.0 Å². The van der Waals surface area contributed by atoms with Crippen LogP contribution in [0.15, 0.2) is 44.9 Å².